The van der Waals surface area contributed by atoms with E-state index in [0.29, 0.717) is 4.88 Å². The van der Waals surface area contributed by atoms with Gasteiger partial charge in [0.2, 0.25) is 5.91 Å². The molecule has 1 aromatic heterocycles. The Kier molecular flexibility index (Phi) is 5.78. The molecule has 148 valence electrons. The molecular weight excluding hydrogens is 370 g/mol. The van der Waals surface area contributed by atoms with E-state index in [1.54, 1.807) is 0 Å². The van der Waals surface area contributed by atoms with E-state index in [-0.39, 0.29) is 23.8 Å². The van der Waals surface area contributed by atoms with Crippen molar-refractivity contribution >= 4 is 28.2 Å². The Morgan fingerprint density at radius 1 is 1.11 bits per heavy atom. The summed E-state index contributed by atoms with van der Waals surface area (Å²) >= 11 is 1.38. The van der Waals surface area contributed by atoms with Crippen LogP contribution in [-0.2, 0) is 11.3 Å². The number of amides is 2. The Balaban J connectivity index is 1.27. The van der Waals surface area contributed by atoms with Gasteiger partial charge < -0.3 is 10.6 Å². The Bertz CT molecular complexity index is 837. The largest absolute Gasteiger partial charge is 0.349 e. The number of nitrogens with zero attached hydrogens (tertiary/aromatic N) is 1. The molecule has 0 atom stereocenters. The molecule has 2 aliphatic rings. The highest BCUT2D eigenvalue weighted by Gasteiger charge is 2.30. The zero-order valence-corrected chi connectivity index (χ0v) is 17.1. The number of hydrogen-bond donors (Lipinski definition) is 2. The second-order valence-electron chi connectivity index (χ2n) is 7.90. The van der Waals surface area contributed by atoms with Crippen molar-refractivity contribution in [1.29, 1.82) is 0 Å². The summed E-state index contributed by atoms with van der Waals surface area (Å²) in [5.74, 6) is 0.232. The third-order valence-electron chi connectivity index (χ3n) is 5.49. The van der Waals surface area contributed by atoms with Crippen molar-refractivity contribution in [2.45, 2.75) is 45.2 Å². The fourth-order valence-electron chi connectivity index (χ4n) is 3.67. The van der Waals surface area contributed by atoms with Gasteiger partial charge in [-0.25, -0.2) is 0 Å². The van der Waals surface area contributed by atoms with Gasteiger partial charge in [-0.15, -0.1) is 11.3 Å². The minimum Gasteiger partial charge on any atom is -0.349 e. The van der Waals surface area contributed by atoms with Crippen molar-refractivity contribution in [2.75, 3.05) is 18.4 Å². The number of rotatable bonds is 6. The van der Waals surface area contributed by atoms with Crippen LogP contribution in [0.25, 0.3) is 0 Å². The van der Waals surface area contributed by atoms with Crippen LogP contribution in [0.4, 0.5) is 5.00 Å². The first-order chi connectivity index (χ1) is 13.6. The fraction of sp³-hybridized carbons (Fsp3) is 0.455. The fourth-order valence-corrected chi connectivity index (χ4v) is 4.64. The minimum absolute atomic E-state index is 0.0177. The van der Waals surface area contributed by atoms with Gasteiger partial charge in [0.05, 0.1) is 9.88 Å². The van der Waals surface area contributed by atoms with E-state index in [9.17, 15) is 9.59 Å². The standard InChI is InChI=1S/C22H27N3O2S/c1-15-13-19(24-21(26)17-7-8-17)28-20(15)22(27)23-18-9-11-25(12-10-18)14-16-5-3-2-4-6-16/h2-6,13,17-18H,7-12,14H2,1H3,(H,23,27)(H,24,26). The SMILES string of the molecule is Cc1cc(NC(=O)C2CC2)sc1C(=O)NC1CCN(Cc2ccccc2)CC1. The molecule has 1 saturated carbocycles. The average molecular weight is 398 g/mol. The van der Waals surface area contributed by atoms with Crippen LogP contribution in [0.3, 0.4) is 0 Å². The molecule has 2 amide bonds. The first kappa shape index (κ1) is 19.2. The van der Waals surface area contributed by atoms with E-state index in [2.05, 4.69) is 39.8 Å². The smallest absolute Gasteiger partial charge is 0.261 e. The highest BCUT2D eigenvalue weighted by atomic mass is 32.1. The topological polar surface area (TPSA) is 61.4 Å². The van der Waals surface area contributed by atoms with Gasteiger partial charge in [-0.2, -0.15) is 0 Å². The van der Waals surface area contributed by atoms with Crippen molar-refractivity contribution in [3.63, 3.8) is 0 Å². The summed E-state index contributed by atoms with van der Waals surface area (Å²) in [6.07, 6.45) is 3.89. The highest BCUT2D eigenvalue weighted by molar-refractivity contribution is 7.18. The minimum atomic E-state index is -0.0177. The Labute approximate surface area is 170 Å². The zero-order valence-electron chi connectivity index (χ0n) is 16.2. The van der Waals surface area contributed by atoms with Crippen LogP contribution in [0.15, 0.2) is 36.4 Å². The van der Waals surface area contributed by atoms with Gasteiger partial charge in [0.25, 0.3) is 5.91 Å². The molecule has 6 heteroatoms. The molecular formula is C22H27N3O2S. The van der Waals surface area contributed by atoms with Crippen molar-refractivity contribution < 1.29 is 9.59 Å². The number of anilines is 1. The molecule has 0 spiro atoms. The number of aryl methyl sites for hydroxylation is 1. The van der Waals surface area contributed by atoms with Crippen LogP contribution in [0.5, 0.6) is 0 Å². The number of nitrogens with one attached hydrogen (secondary N) is 2. The number of carbonyl (C=O) groups is 2. The Morgan fingerprint density at radius 3 is 2.50 bits per heavy atom. The molecule has 0 radical (unpaired) electrons. The lowest BCUT2D eigenvalue weighted by molar-refractivity contribution is -0.117. The van der Waals surface area contributed by atoms with Gasteiger partial charge in [-0.05, 0) is 49.8 Å². The van der Waals surface area contributed by atoms with Crippen LogP contribution in [0, 0.1) is 12.8 Å². The molecule has 1 aromatic carbocycles. The summed E-state index contributed by atoms with van der Waals surface area (Å²) in [5.41, 5.74) is 2.26. The first-order valence-corrected chi connectivity index (χ1v) is 10.9. The molecule has 2 aromatic rings. The number of thiophene rings is 1. The normalized spacial score (nSPS) is 18.0. The van der Waals surface area contributed by atoms with Crippen molar-refractivity contribution in [1.82, 2.24) is 10.2 Å². The summed E-state index contributed by atoms with van der Waals surface area (Å²) in [4.78, 5) is 27.8. The lowest BCUT2D eigenvalue weighted by Crippen LogP contribution is -2.44. The Morgan fingerprint density at radius 2 is 1.82 bits per heavy atom. The summed E-state index contributed by atoms with van der Waals surface area (Å²) in [7, 11) is 0. The number of likely N-dealkylation sites (tertiary alicyclic amines) is 1. The van der Waals surface area contributed by atoms with E-state index >= 15 is 0 Å². The van der Waals surface area contributed by atoms with Crippen LogP contribution in [0.1, 0.15) is 46.5 Å². The maximum Gasteiger partial charge on any atom is 0.261 e. The summed E-state index contributed by atoms with van der Waals surface area (Å²) in [6, 6.07) is 12.6. The lowest BCUT2D eigenvalue weighted by atomic mass is 10.0. The predicted octanol–water partition coefficient (Wildman–Crippen LogP) is 3.80. The second kappa shape index (κ2) is 8.45. The van der Waals surface area contributed by atoms with E-state index < -0.39 is 0 Å². The van der Waals surface area contributed by atoms with Gasteiger partial charge in [-0.3, -0.25) is 14.5 Å². The van der Waals surface area contributed by atoms with Crippen molar-refractivity contribution in [2.24, 2.45) is 5.92 Å². The molecule has 1 aliphatic carbocycles. The summed E-state index contributed by atoms with van der Waals surface area (Å²) in [6.45, 7) is 4.88. The van der Waals surface area contributed by atoms with Gasteiger partial charge >= 0.3 is 0 Å². The molecule has 0 unspecified atom stereocenters. The van der Waals surface area contributed by atoms with Crippen LogP contribution < -0.4 is 10.6 Å². The zero-order chi connectivity index (χ0) is 19.5. The number of hydrogen-bond acceptors (Lipinski definition) is 4. The van der Waals surface area contributed by atoms with Gasteiger partial charge in [-0.1, -0.05) is 30.3 Å². The molecule has 5 nitrogen and oxygen atoms in total. The molecule has 1 aliphatic heterocycles. The van der Waals surface area contributed by atoms with Crippen molar-refractivity contribution in [3.05, 3.63) is 52.4 Å². The maximum atomic E-state index is 12.7. The maximum absolute atomic E-state index is 12.7. The third-order valence-corrected chi connectivity index (χ3v) is 6.64. The summed E-state index contributed by atoms with van der Waals surface area (Å²) in [5, 5.41) is 6.91. The van der Waals surface area contributed by atoms with E-state index in [1.165, 1.54) is 16.9 Å². The Hall–Kier alpha value is -2.18. The van der Waals surface area contributed by atoms with Crippen LogP contribution in [0.2, 0.25) is 0 Å². The number of carbonyl (C=O) groups excluding carboxylic acids is 2. The second-order valence-corrected chi connectivity index (χ2v) is 8.95. The van der Waals surface area contributed by atoms with Crippen LogP contribution >= 0.6 is 11.3 Å². The molecule has 28 heavy (non-hydrogen) atoms. The average Bonchev–Trinajstić information content (AvgIpc) is 3.48. The highest BCUT2D eigenvalue weighted by Crippen LogP contribution is 2.33. The van der Waals surface area contributed by atoms with Gasteiger partial charge in [0, 0.05) is 31.6 Å². The van der Waals surface area contributed by atoms with E-state index in [4.69, 9.17) is 0 Å². The molecule has 2 fully saturated rings. The van der Waals surface area contributed by atoms with Crippen molar-refractivity contribution in [3.8, 4) is 0 Å². The number of piperidine rings is 1. The third kappa shape index (κ3) is 4.80. The van der Waals surface area contributed by atoms with E-state index in [1.807, 2.05) is 19.1 Å². The monoisotopic (exact) mass is 397 g/mol. The van der Waals surface area contributed by atoms with Gasteiger partial charge in [0.1, 0.15) is 0 Å². The lowest BCUT2D eigenvalue weighted by Gasteiger charge is -2.32. The molecule has 2 N–H and O–H groups in total. The van der Waals surface area contributed by atoms with Gasteiger partial charge in [0.15, 0.2) is 0 Å². The quantitative estimate of drug-likeness (QED) is 0.779. The molecule has 4 rings (SSSR count). The molecule has 2 heterocycles. The first-order valence-electron chi connectivity index (χ1n) is 10.1. The van der Waals surface area contributed by atoms with Crippen LogP contribution in [-0.4, -0.2) is 35.8 Å². The predicted molar refractivity (Wildman–Crippen MR) is 113 cm³/mol. The molecule has 0 bridgehead atoms. The number of benzene rings is 1. The van der Waals surface area contributed by atoms with E-state index in [0.717, 1.165) is 55.9 Å². The summed E-state index contributed by atoms with van der Waals surface area (Å²) < 4.78 is 0. The molecule has 1 saturated heterocycles.